The van der Waals surface area contributed by atoms with Crippen molar-refractivity contribution in [3.63, 3.8) is 0 Å². The summed E-state index contributed by atoms with van der Waals surface area (Å²) in [4.78, 5) is 7.33. The zero-order chi connectivity index (χ0) is 13.7. The van der Waals surface area contributed by atoms with Gasteiger partial charge < -0.3 is 10.2 Å². The number of nitrogens with zero attached hydrogens (tertiary/aromatic N) is 2. The first-order chi connectivity index (χ1) is 9.05. The molecule has 1 atom stereocenters. The number of amidine groups is 1. The number of aliphatic imine (C=N–C) groups is 1. The molecule has 110 valence electrons. The predicted molar refractivity (Wildman–Crippen MR) is 86.0 cm³/mol. The summed E-state index contributed by atoms with van der Waals surface area (Å²) in [6.07, 6.45) is 5.40. The van der Waals surface area contributed by atoms with Gasteiger partial charge in [-0.2, -0.15) is 0 Å². The number of hydrogen-bond acceptors (Lipinski definition) is 3. The Morgan fingerprint density at radius 1 is 1.26 bits per heavy atom. The van der Waals surface area contributed by atoms with Gasteiger partial charge in [0, 0.05) is 18.3 Å². The highest BCUT2D eigenvalue weighted by atomic mass is 32.2. The second-order valence-electron chi connectivity index (χ2n) is 6.79. The van der Waals surface area contributed by atoms with Crippen molar-refractivity contribution in [3.8, 4) is 0 Å². The Hall–Kier alpha value is -0.220. The minimum Gasteiger partial charge on any atom is -0.362 e. The summed E-state index contributed by atoms with van der Waals surface area (Å²) in [5, 5.41) is 4.80. The van der Waals surface area contributed by atoms with Gasteiger partial charge in [0.15, 0.2) is 5.17 Å². The molecular weight excluding hydrogens is 254 g/mol. The molecule has 0 bridgehead atoms. The summed E-state index contributed by atoms with van der Waals surface area (Å²) in [6, 6.07) is 0.572. The Morgan fingerprint density at radius 2 is 2.00 bits per heavy atom. The summed E-state index contributed by atoms with van der Waals surface area (Å²) >= 11 is 1.89. The van der Waals surface area contributed by atoms with Crippen LogP contribution in [0.1, 0.15) is 46.5 Å². The van der Waals surface area contributed by atoms with Crippen LogP contribution in [0.3, 0.4) is 0 Å². The lowest BCUT2D eigenvalue weighted by atomic mass is 9.85. The molecule has 0 aliphatic carbocycles. The highest BCUT2D eigenvalue weighted by molar-refractivity contribution is 8.13. The molecule has 2 heterocycles. The quantitative estimate of drug-likeness (QED) is 0.863. The van der Waals surface area contributed by atoms with E-state index in [2.05, 4.69) is 31.0 Å². The Morgan fingerprint density at radius 3 is 2.68 bits per heavy atom. The Kier molecular flexibility index (Phi) is 5.58. The van der Waals surface area contributed by atoms with Gasteiger partial charge in [0.2, 0.25) is 0 Å². The van der Waals surface area contributed by atoms with Gasteiger partial charge in [-0.1, -0.05) is 39.0 Å². The van der Waals surface area contributed by atoms with Crippen LogP contribution in [0, 0.1) is 5.41 Å². The fourth-order valence-corrected chi connectivity index (χ4v) is 3.71. The van der Waals surface area contributed by atoms with Crippen LogP contribution in [0.2, 0.25) is 0 Å². The minimum atomic E-state index is 0.328. The lowest BCUT2D eigenvalue weighted by Crippen LogP contribution is -2.46. The molecule has 2 aliphatic rings. The standard InChI is InChI=1S/C15H29N3S/c1-15(2,3)13-7-12-19-14(17-13)16-8-11-18-9-5-4-6-10-18/h13H,4-12H2,1-3H3,(H,16,17). The second-order valence-corrected chi connectivity index (χ2v) is 7.87. The SMILES string of the molecule is CC(C)(C)C1CCSC(=NCCN2CCCCC2)N1. The lowest BCUT2D eigenvalue weighted by Gasteiger charge is -2.35. The van der Waals surface area contributed by atoms with Gasteiger partial charge in [0.25, 0.3) is 0 Å². The fraction of sp³-hybridized carbons (Fsp3) is 0.933. The molecule has 2 fully saturated rings. The van der Waals surface area contributed by atoms with Crippen LogP contribution < -0.4 is 5.32 Å². The van der Waals surface area contributed by atoms with E-state index in [0.29, 0.717) is 11.5 Å². The first-order valence-electron chi connectivity index (χ1n) is 7.72. The Bertz CT molecular complexity index is 303. The van der Waals surface area contributed by atoms with Crippen LogP contribution in [0.5, 0.6) is 0 Å². The molecule has 0 saturated carbocycles. The van der Waals surface area contributed by atoms with Crippen molar-refractivity contribution in [1.82, 2.24) is 10.2 Å². The maximum atomic E-state index is 4.77. The molecule has 0 aromatic rings. The van der Waals surface area contributed by atoms with E-state index in [1.54, 1.807) is 0 Å². The summed E-state index contributed by atoms with van der Waals surface area (Å²) in [6.45, 7) is 11.6. The minimum absolute atomic E-state index is 0.328. The van der Waals surface area contributed by atoms with Gasteiger partial charge in [-0.3, -0.25) is 4.99 Å². The fourth-order valence-electron chi connectivity index (χ4n) is 2.75. The first kappa shape index (κ1) is 15.2. The number of thioether (sulfide) groups is 1. The Labute approximate surface area is 122 Å². The van der Waals surface area contributed by atoms with E-state index in [9.17, 15) is 0 Å². The molecule has 0 amide bonds. The maximum Gasteiger partial charge on any atom is 0.156 e. The van der Waals surface area contributed by atoms with Crippen LogP contribution in [-0.4, -0.2) is 48.0 Å². The molecule has 0 aromatic heterocycles. The van der Waals surface area contributed by atoms with Gasteiger partial charge in [0.1, 0.15) is 0 Å². The van der Waals surface area contributed by atoms with E-state index in [4.69, 9.17) is 4.99 Å². The zero-order valence-electron chi connectivity index (χ0n) is 12.7. The van der Waals surface area contributed by atoms with Crippen LogP contribution in [0.25, 0.3) is 0 Å². The van der Waals surface area contributed by atoms with Gasteiger partial charge >= 0.3 is 0 Å². The van der Waals surface area contributed by atoms with Gasteiger partial charge in [-0.15, -0.1) is 0 Å². The van der Waals surface area contributed by atoms with Gasteiger partial charge in [0.05, 0.1) is 6.54 Å². The van der Waals surface area contributed by atoms with E-state index < -0.39 is 0 Å². The molecule has 2 rings (SSSR count). The molecule has 3 nitrogen and oxygen atoms in total. The molecule has 0 radical (unpaired) electrons. The predicted octanol–water partition coefficient (Wildman–Crippen LogP) is 2.97. The first-order valence-corrected chi connectivity index (χ1v) is 8.70. The van der Waals surface area contributed by atoms with Crippen molar-refractivity contribution >= 4 is 16.9 Å². The van der Waals surface area contributed by atoms with Crippen LogP contribution in [-0.2, 0) is 0 Å². The summed E-state index contributed by atoms with van der Waals surface area (Å²) in [7, 11) is 0. The number of piperidine rings is 1. The molecular formula is C15H29N3S. The topological polar surface area (TPSA) is 27.6 Å². The third kappa shape index (κ3) is 4.99. The number of likely N-dealkylation sites (tertiary alicyclic amines) is 1. The van der Waals surface area contributed by atoms with Crippen LogP contribution in [0.4, 0.5) is 0 Å². The molecule has 1 N–H and O–H groups in total. The van der Waals surface area contributed by atoms with Crippen molar-refractivity contribution < 1.29 is 0 Å². The van der Waals surface area contributed by atoms with Gasteiger partial charge in [-0.05, 0) is 37.8 Å². The number of hydrogen-bond donors (Lipinski definition) is 1. The van der Waals surface area contributed by atoms with Crippen LogP contribution >= 0.6 is 11.8 Å². The highest BCUT2D eigenvalue weighted by Gasteiger charge is 2.28. The van der Waals surface area contributed by atoms with E-state index in [0.717, 1.165) is 13.1 Å². The molecule has 0 aromatic carbocycles. The molecule has 2 aliphatic heterocycles. The molecule has 2 saturated heterocycles. The van der Waals surface area contributed by atoms with Crippen molar-refractivity contribution in [3.05, 3.63) is 0 Å². The van der Waals surface area contributed by atoms with Crippen LogP contribution in [0.15, 0.2) is 4.99 Å². The third-order valence-corrected chi connectivity index (χ3v) is 5.07. The highest BCUT2D eigenvalue weighted by Crippen LogP contribution is 2.27. The second kappa shape index (κ2) is 6.98. The molecule has 1 unspecified atom stereocenters. The lowest BCUT2D eigenvalue weighted by molar-refractivity contribution is 0.235. The van der Waals surface area contributed by atoms with Crippen molar-refractivity contribution in [2.45, 2.75) is 52.5 Å². The Balaban J connectivity index is 1.75. The summed E-state index contributed by atoms with van der Waals surface area (Å²) in [5.41, 5.74) is 0.328. The average Bonchev–Trinajstić information content (AvgIpc) is 2.39. The van der Waals surface area contributed by atoms with E-state index >= 15 is 0 Å². The monoisotopic (exact) mass is 283 g/mol. The molecule has 0 spiro atoms. The van der Waals surface area contributed by atoms with Crippen molar-refractivity contribution in [2.24, 2.45) is 10.4 Å². The van der Waals surface area contributed by atoms with E-state index in [1.165, 1.54) is 49.7 Å². The molecule has 4 heteroatoms. The normalized spacial score (nSPS) is 28.4. The number of nitrogens with one attached hydrogen (secondary N) is 1. The third-order valence-electron chi connectivity index (χ3n) is 4.11. The van der Waals surface area contributed by atoms with Crippen molar-refractivity contribution in [1.29, 1.82) is 0 Å². The molecule has 19 heavy (non-hydrogen) atoms. The summed E-state index contributed by atoms with van der Waals surface area (Å²) < 4.78 is 0. The largest absolute Gasteiger partial charge is 0.362 e. The average molecular weight is 283 g/mol. The van der Waals surface area contributed by atoms with Crippen molar-refractivity contribution in [2.75, 3.05) is 31.9 Å². The van der Waals surface area contributed by atoms with E-state index in [-0.39, 0.29) is 0 Å². The zero-order valence-corrected chi connectivity index (χ0v) is 13.6. The van der Waals surface area contributed by atoms with Gasteiger partial charge in [-0.25, -0.2) is 0 Å². The smallest absolute Gasteiger partial charge is 0.156 e. The van der Waals surface area contributed by atoms with E-state index in [1.807, 2.05) is 11.8 Å². The summed E-state index contributed by atoms with van der Waals surface area (Å²) in [5.74, 6) is 1.21. The maximum absolute atomic E-state index is 4.77. The number of rotatable bonds is 3.